The number of carbonyl (C=O) groups excluding carboxylic acids is 2. The van der Waals surface area contributed by atoms with Crippen molar-refractivity contribution in [1.82, 2.24) is 25.2 Å². The Morgan fingerprint density at radius 1 is 1.30 bits per heavy atom. The lowest BCUT2D eigenvalue weighted by atomic mass is 9.97. The summed E-state index contributed by atoms with van der Waals surface area (Å²) in [7, 11) is 0. The fourth-order valence-electron chi connectivity index (χ4n) is 3.85. The number of aromatic nitrogens is 3. The molecule has 30 heavy (non-hydrogen) atoms. The van der Waals surface area contributed by atoms with Crippen LogP contribution >= 0.6 is 0 Å². The van der Waals surface area contributed by atoms with Gasteiger partial charge in [0.25, 0.3) is 5.91 Å². The Labute approximate surface area is 172 Å². The fourth-order valence-corrected chi connectivity index (χ4v) is 3.85. The van der Waals surface area contributed by atoms with E-state index >= 15 is 0 Å². The minimum atomic E-state index is -0.537. The van der Waals surface area contributed by atoms with Crippen LogP contribution in [0.2, 0.25) is 0 Å². The van der Waals surface area contributed by atoms with E-state index in [-0.39, 0.29) is 29.1 Å². The van der Waals surface area contributed by atoms with E-state index in [1.165, 1.54) is 18.5 Å². The van der Waals surface area contributed by atoms with Gasteiger partial charge in [0.2, 0.25) is 17.7 Å². The summed E-state index contributed by atoms with van der Waals surface area (Å²) in [6.45, 7) is 1.37. The maximum absolute atomic E-state index is 12.6. The molecule has 4 rings (SSSR count). The van der Waals surface area contributed by atoms with E-state index < -0.39 is 5.60 Å². The van der Waals surface area contributed by atoms with Crippen LogP contribution in [0, 0.1) is 0 Å². The first-order valence-corrected chi connectivity index (χ1v) is 9.66. The minimum Gasteiger partial charge on any atom is -0.506 e. The molecular formula is C19H23N7O4. The van der Waals surface area contributed by atoms with Gasteiger partial charge in [-0.1, -0.05) is 0 Å². The third kappa shape index (κ3) is 3.91. The van der Waals surface area contributed by atoms with Gasteiger partial charge in [0.05, 0.1) is 23.9 Å². The van der Waals surface area contributed by atoms with E-state index in [0.717, 1.165) is 5.56 Å². The predicted octanol–water partition coefficient (Wildman–Crippen LogP) is -0.142. The average Bonchev–Trinajstić information content (AvgIpc) is 3.28. The van der Waals surface area contributed by atoms with Crippen LogP contribution in [-0.4, -0.2) is 62.0 Å². The highest BCUT2D eigenvalue weighted by atomic mass is 16.5. The number of ether oxygens (including phenoxy) is 1. The average molecular weight is 413 g/mol. The van der Waals surface area contributed by atoms with Crippen molar-refractivity contribution < 1.29 is 19.4 Å². The summed E-state index contributed by atoms with van der Waals surface area (Å²) in [5.41, 5.74) is 12.0. The van der Waals surface area contributed by atoms with Gasteiger partial charge >= 0.3 is 0 Å². The van der Waals surface area contributed by atoms with Crippen molar-refractivity contribution in [2.24, 2.45) is 0 Å². The molecule has 11 nitrogen and oxygen atoms in total. The SMILES string of the molecule is Nc1nc(N)c2c(n1)O[C@@]1(CCN(C(=O)CCCNC(=O)c3cncc(O)c3)C1)C2. The summed E-state index contributed by atoms with van der Waals surface area (Å²) in [6.07, 6.45) is 4.64. The quantitative estimate of drug-likeness (QED) is 0.487. The van der Waals surface area contributed by atoms with Gasteiger partial charge in [0.15, 0.2) is 0 Å². The van der Waals surface area contributed by atoms with Crippen molar-refractivity contribution in [2.45, 2.75) is 31.3 Å². The molecule has 0 aliphatic carbocycles. The van der Waals surface area contributed by atoms with E-state index in [0.29, 0.717) is 57.0 Å². The number of anilines is 2. The molecule has 11 heteroatoms. The fraction of sp³-hybridized carbons (Fsp3) is 0.421. The molecule has 2 aliphatic heterocycles. The number of fused-ring (bicyclic) bond motifs is 1. The summed E-state index contributed by atoms with van der Waals surface area (Å²) in [5, 5.41) is 12.1. The number of pyridine rings is 1. The summed E-state index contributed by atoms with van der Waals surface area (Å²) < 4.78 is 6.02. The second-order valence-corrected chi connectivity index (χ2v) is 7.57. The first-order chi connectivity index (χ1) is 14.3. The first kappa shape index (κ1) is 19.7. The zero-order chi connectivity index (χ0) is 21.3. The normalized spacial score (nSPS) is 19.5. The van der Waals surface area contributed by atoms with Crippen LogP contribution in [0.3, 0.4) is 0 Å². The largest absolute Gasteiger partial charge is 0.506 e. The van der Waals surface area contributed by atoms with E-state index in [4.69, 9.17) is 16.2 Å². The molecule has 1 saturated heterocycles. The number of nitrogens with zero attached hydrogens (tertiary/aromatic N) is 4. The minimum absolute atomic E-state index is 0.00160. The number of hydrogen-bond acceptors (Lipinski definition) is 9. The Bertz CT molecular complexity index is 999. The molecule has 2 aliphatic rings. The van der Waals surface area contributed by atoms with Crippen molar-refractivity contribution in [3.8, 4) is 11.6 Å². The maximum atomic E-state index is 12.6. The van der Waals surface area contributed by atoms with Gasteiger partial charge in [-0.05, 0) is 12.5 Å². The van der Waals surface area contributed by atoms with Gasteiger partial charge in [-0.3, -0.25) is 14.6 Å². The number of aromatic hydroxyl groups is 1. The zero-order valence-electron chi connectivity index (χ0n) is 16.3. The Balaban J connectivity index is 1.25. The molecule has 158 valence electrons. The van der Waals surface area contributed by atoms with Gasteiger partial charge in [-0.15, -0.1) is 0 Å². The number of rotatable bonds is 5. The second-order valence-electron chi connectivity index (χ2n) is 7.57. The molecule has 0 unspecified atom stereocenters. The molecule has 1 fully saturated rings. The molecule has 1 spiro atoms. The highest BCUT2D eigenvalue weighted by Crippen LogP contribution is 2.41. The van der Waals surface area contributed by atoms with Crippen LogP contribution in [0.4, 0.5) is 11.8 Å². The summed E-state index contributed by atoms with van der Waals surface area (Å²) in [4.78, 5) is 38.2. The topological polar surface area (TPSA) is 170 Å². The molecular weight excluding hydrogens is 390 g/mol. The lowest BCUT2D eigenvalue weighted by Gasteiger charge is -2.23. The Hall–Kier alpha value is -3.63. The number of carbonyl (C=O) groups is 2. The molecule has 1 atom stereocenters. The second kappa shape index (κ2) is 7.65. The molecule has 0 saturated carbocycles. The highest BCUT2D eigenvalue weighted by Gasteiger charge is 2.47. The van der Waals surface area contributed by atoms with Crippen LogP contribution < -0.4 is 21.5 Å². The number of nitrogens with one attached hydrogen (secondary N) is 1. The van der Waals surface area contributed by atoms with E-state index in [9.17, 15) is 14.7 Å². The summed E-state index contributed by atoms with van der Waals surface area (Å²) >= 11 is 0. The van der Waals surface area contributed by atoms with Gasteiger partial charge in [0.1, 0.15) is 17.2 Å². The van der Waals surface area contributed by atoms with Crippen molar-refractivity contribution in [3.63, 3.8) is 0 Å². The van der Waals surface area contributed by atoms with E-state index in [1.807, 2.05) is 0 Å². The first-order valence-electron chi connectivity index (χ1n) is 9.66. The van der Waals surface area contributed by atoms with Crippen LogP contribution in [-0.2, 0) is 11.2 Å². The van der Waals surface area contributed by atoms with Crippen LogP contribution in [0.1, 0.15) is 35.2 Å². The van der Waals surface area contributed by atoms with Gasteiger partial charge < -0.3 is 31.5 Å². The molecule has 2 aromatic rings. The van der Waals surface area contributed by atoms with Gasteiger partial charge in [-0.25, -0.2) is 0 Å². The Morgan fingerprint density at radius 3 is 2.93 bits per heavy atom. The van der Waals surface area contributed by atoms with Gasteiger partial charge in [-0.2, -0.15) is 9.97 Å². The highest BCUT2D eigenvalue weighted by molar-refractivity contribution is 5.94. The lowest BCUT2D eigenvalue weighted by molar-refractivity contribution is -0.130. The standard InChI is InChI=1S/C19H23N7O4/c20-15-13-7-19(30-17(13)25-18(21)24-15)3-5-26(10-19)14(28)2-1-4-23-16(29)11-6-12(27)9-22-8-11/h6,8-9,27H,1-5,7,10H2,(H,23,29)(H4,20,21,24,25)/t19-/m0/s1. The molecule has 2 aromatic heterocycles. The number of amides is 2. The van der Waals surface area contributed by atoms with Crippen LogP contribution in [0.15, 0.2) is 18.5 Å². The Morgan fingerprint density at radius 2 is 2.13 bits per heavy atom. The monoisotopic (exact) mass is 413 g/mol. The summed E-state index contributed by atoms with van der Waals surface area (Å²) in [6, 6.07) is 1.33. The van der Waals surface area contributed by atoms with Crippen LogP contribution in [0.5, 0.6) is 11.6 Å². The van der Waals surface area contributed by atoms with E-state index in [2.05, 4.69) is 20.3 Å². The third-order valence-corrected chi connectivity index (χ3v) is 5.34. The molecule has 4 heterocycles. The molecule has 6 N–H and O–H groups in total. The van der Waals surface area contributed by atoms with E-state index in [1.54, 1.807) is 4.90 Å². The molecule has 0 bridgehead atoms. The summed E-state index contributed by atoms with van der Waals surface area (Å²) in [5.74, 6) is 0.361. The number of likely N-dealkylation sites (tertiary alicyclic amines) is 1. The maximum Gasteiger partial charge on any atom is 0.252 e. The number of nitrogen functional groups attached to an aromatic ring is 2. The zero-order valence-corrected chi connectivity index (χ0v) is 16.3. The third-order valence-electron chi connectivity index (χ3n) is 5.34. The van der Waals surface area contributed by atoms with Crippen molar-refractivity contribution in [3.05, 3.63) is 29.6 Å². The number of nitrogens with two attached hydrogens (primary N) is 2. The Kier molecular flexibility index (Phi) is 5.02. The number of hydrogen-bond donors (Lipinski definition) is 4. The molecule has 2 amide bonds. The molecule has 0 aromatic carbocycles. The lowest BCUT2D eigenvalue weighted by Crippen LogP contribution is -2.40. The predicted molar refractivity (Wildman–Crippen MR) is 107 cm³/mol. The van der Waals surface area contributed by atoms with Crippen molar-refractivity contribution in [2.75, 3.05) is 31.1 Å². The molecule has 0 radical (unpaired) electrons. The smallest absolute Gasteiger partial charge is 0.252 e. The van der Waals surface area contributed by atoms with Crippen molar-refractivity contribution in [1.29, 1.82) is 0 Å². The van der Waals surface area contributed by atoms with Gasteiger partial charge in [0, 0.05) is 38.5 Å². The van der Waals surface area contributed by atoms with Crippen LogP contribution in [0.25, 0.3) is 0 Å². The van der Waals surface area contributed by atoms with Crippen molar-refractivity contribution >= 4 is 23.6 Å².